The molecule has 1 spiro atoms. The van der Waals surface area contributed by atoms with Gasteiger partial charge >= 0.3 is 0 Å². The number of sulfone groups is 1. The van der Waals surface area contributed by atoms with E-state index in [2.05, 4.69) is 29.1 Å². The number of carbonyl (C=O) groups excluding carboxylic acids is 1. The number of aliphatic imine (C=N–C) groups is 1. The third-order valence-corrected chi connectivity index (χ3v) is 7.94. The zero-order valence-corrected chi connectivity index (χ0v) is 17.4. The number of amides is 1. The lowest BCUT2D eigenvalue weighted by Gasteiger charge is -2.45. The van der Waals surface area contributed by atoms with Gasteiger partial charge in [0.15, 0.2) is 15.8 Å². The molecule has 26 heavy (non-hydrogen) atoms. The lowest BCUT2D eigenvalue weighted by Crippen LogP contribution is -2.60. The first-order valence-corrected chi connectivity index (χ1v) is 11.3. The van der Waals surface area contributed by atoms with Crippen molar-refractivity contribution >= 4 is 21.7 Å². The smallest absolute Gasteiger partial charge is 0.243 e. The fourth-order valence-corrected chi connectivity index (χ4v) is 5.82. The molecule has 0 radical (unpaired) electrons. The summed E-state index contributed by atoms with van der Waals surface area (Å²) < 4.78 is 25.0. The molecule has 2 rings (SSSR count). The number of carbonyl (C=O) groups is 1. The van der Waals surface area contributed by atoms with Crippen molar-refractivity contribution in [3.8, 4) is 0 Å². The molecule has 7 nitrogen and oxygen atoms in total. The van der Waals surface area contributed by atoms with Gasteiger partial charge in [-0.15, -0.1) is 0 Å². The third kappa shape index (κ3) is 4.90. The molecule has 0 atom stereocenters. The first-order valence-electron chi connectivity index (χ1n) is 9.62. The van der Waals surface area contributed by atoms with Gasteiger partial charge in [-0.25, -0.2) is 13.4 Å². The molecule has 0 unspecified atom stereocenters. The van der Waals surface area contributed by atoms with Crippen LogP contribution in [0, 0.1) is 5.92 Å². The Morgan fingerprint density at radius 1 is 1.23 bits per heavy atom. The Morgan fingerprint density at radius 2 is 1.88 bits per heavy atom. The van der Waals surface area contributed by atoms with E-state index >= 15 is 0 Å². The van der Waals surface area contributed by atoms with E-state index in [-0.39, 0.29) is 18.2 Å². The van der Waals surface area contributed by atoms with E-state index in [9.17, 15) is 13.2 Å². The number of nitrogens with one attached hydrogen (secondary N) is 1. The Labute approximate surface area is 158 Å². The lowest BCUT2D eigenvalue weighted by molar-refractivity contribution is -0.127. The van der Waals surface area contributed by atoms with Gasteiger partial charge in [-0.2, -0.15) is 0 Å². The van der Waals surface area contributed by atoms with Gasteiger partial charge in [-0.3, -0.25) is 4.79 Å². The van der Waals surface area contributed by atoms with Gasteiger partial charge in [0.25, 0.3) is 0 Å². The Hall–Kier alpha value is -1.31. The van der Waals surface area contributed by atoms with Gasteiger partial charge in [0, 0.05) is 33.7 Å². The van der Waals surface area contributed by atoms with E-state index < -0.39 is 14.6 Å². The van der Waals surface area contributed by atoms with Crippen LogP contribution in [-0.4, -0.2) is 80.9 Å². The fourth-order valence-electron chi connectivity index (χ4n) is 3.67. The molecular weight excluding hydrogens is 352 g/mol. The Morgan fingerprint density at radius 3 is 2.46 bits per heavy atom. The summed E-state index contributed by atoms with van der Waals surface area (Å²) in [4.78, 5) is 20.0. The molecule has 1 amide bonds. The second-order valence-corrected chi connectivity index (χ2v) is 10.7. The lowest BCUT2D eigenvalue weighted by atomic mass is 9.87. The number of guanidine groups is 1. The molecule has 0 aromatic heterocycles. The van der Waals surface area contributed by atoms with E-state index in [1.807, 2.05) is 0 Å². The molecule has 2 aliphatic rings. The SMILES string of the molecule is CC(C)CNC(=NCC(=O)N(C)C)N1CCS(=O)(=O)C2(CCCCC2)C1. The molecule has 150 valence electrons. The van der Waals surface area contributed by atoms with E-state index in [4.69, 9.17) is 0 Å². The van der Waals surface area contributed by atoms with Crippen molar-refractivity contribution in [2.45, 2.75) is 50.7 Å². The zero-order valence-electron chi connectivity index (χ0n) is 16.6. The molecule has 1 saturated heterocycles. The highest BCUT2D eigenvalue weighted by atomic mass is 32.2. The Bertz CT molecular complexity index is 622. The van der Waals surface area contributed by atoms with E-state index in [0.717, 1.165) is 38.6 Å². The minimum Gasteiger partial charge on any atom is -0.356 e. The summed E-state index contributed by atoms with van der Waals surface area (Å²) in [6.45, 7) is 5.95. The maximum absolute atomic E-state index is 12.8. The van der Waals surface area contributed by atoms with Crippen LogP contribution in [0.3, 0.4) is 0 Å². The van der Waals surface area contributed by atoms with Gasteiger partial charge in [-0.1, -0.05) is 33.1 Å². The zero-order chi connectivity index (χ0) is 19.4. The summed E-state index contributed by atoms with van der Waals surface area (Å²) in [5.41, 5.74) is 0. The summed E-state index contributed by atoms with van der Waals surface area (Å²) in [6.07, 6.45) is 4.52. The van der Waals surface area contributed by atoms with Crippen molar-refractivity contribution in [2.24, 2.45) is 10.9 Å². The molecule has 8 heteroatoms. The third-order valence-electron chi connectivity index (χ3n) is 5.36. The first-order chi connectivity index (χ1) is 12.2. The van der Waals surface area contributed by atoms with Gasteiger partial charge in [0.2, 0.25) is 5.91 Å². The molecular formula is C18H34N4O3S. The topological polar surface area (TPSA) is 82.1 Å². The average Bonchev–Trinajstić information content (AvgIpc) is 2.58. The van der Waals surface area contributed by atoms with Crippen LogP contribution in [0.4, 0.5) is 0 Å². The van der Waals surface area contributed by atoms with Crippen LogP contribution in [0.15, 0.2) is 4.99 Å². The quantitative estimate of drug-likeness (QED) is 0.578. The van der Waals surface area contributed by atoms with Crippen molar-refractivity contribution in [2.75, 3.05) is 46.0 Å². The second-order valence-electron chi connectivity index (χ2n) is 8.19. The fraction of sp³-hybridized carbons (Fsp3) is 0.889. The average molecular weight is 387 g/mol. The van der Waals surface area contributed by atoms with E-state index in [1.165, 1.54) is 4.90 Å². The standard InChI is InChI=1S/C18H34N4O3S/c1-15(2)12-19-17(20-13-16(23)21(3)4)22-10-11-26(24,25)18(14-22)8-6-5-7-9-18/h15H,5-14H2,1-4H3,(H,19,20). The largest absolute Gasteiger partial charge is 0.356 e. The van der Waals surface area contributed by atoms with Gasteiger partial charge in [0.05, 0.1) is 10.5 Å². The maximum Gasteiger partial charge on any atom is 0.243 e. The number of hydrogen-bond acceptors (Lipinski definition) is 4. The van der Waals surface area contributed by atoms with Gasteiger partial charge < -0.3 is 15.1 Å². The van der Waals surface area contributed by atoms with Crippen molar-refractivity contribution in [1.82, 2.24) is 15.1 Å². The summed E-state index contributed by atoms with van der Waals surface area (Å²) in [5.74, 6) is 1.19. The summed E-state index contributed by atoms with van der Waals surface area (Å²) in [7, 11) is 0.336. The number of likely N-dealkylation sites (N-methyl/N-ethyl adjacent to an activating group) is 1. The van der Waals surface area contributed by atoms with E-state index in [0.29, 0.717) is 25.0 Å². The van der Waals surface area contributed by atoms with Crippen LogP contribution < -0.4 is 5.32 Å². The summed E-state index contributed by atoms with van der Waals surface area (Å²) in [5, 5.41) is 3.34. The number of rotatable bonds is 4. The Balaban J connectivity index is 2.20. The first kappa shape index (κ1) is 21.0. The van der Waals surface area contributed by atoms with Crippen LogP contribution in [-0.2, 0) is 14.6 Å². The predicted molar refractivity (Wildman–Crippen MR) is 105 cm³/mol. The van der Waals surface area contributed by atoms with Crippen molar-refractivity contribution in [3.63, 3.8) is 0 Å². The van der Waals surface area contributed by atoms with Crippen LogP contribution in [0.5, 0.6) is 0 Å². The van der Waals surface area contributed by atoms with Crippen molar-refractivity contribution in [1.29, 1.82) is 0 Å². The van der Waals surface area contributed by atoms with E-state index in [1.54, 1.807) is 14.1 Å². The number of nitrogens with zero attached hydrogens (tertiary/aromatic N) is 3. The van der Waals surface area contributed by atoms with Crippen LogP contribution in [0.2, 0.25) is 0 Å². The van der Waals surface area contributed by atoms with Crippen molar-refractivity contribution in [3.05, 3.63) is 0 Å². The monoisotopic (exact) mass is 386 g/mol. The van der Waals surface area contributed by atoms with Gasteiger partial charge in [0.1, 0.15) is 6.54 Å². The number of hydrogen-bond donors (Lipinski definition) is 1. The highest BCUT2D eigenvalue weighted by molar-refractivity contribution is 7.92. The molecule has 1 aliphatic heterocycles. The molecule has 1 N–H and O–H groups in total. The summed E-state index contributed by atoms with van der Waals surface area (Å²) >= 11 is 0. The minimum atomic E-state index is -3.09. The molecule has 1 aliphatic carbocycles. The highest BCUT2D eigenvalue weighted by Crippen LogP contribution is 2.38. The molecule has 0 aromatic rings. The van der Waals surface area contributed by atoms with Crippen LogP contribution in [0.1, 0.15) is 46.0 Å². The second kappa shape index (κ2) is 8.59. The predicted octanol–water partition coefficient (Wildman–Crippen LogP) is 1.11. The maximum atomic E-state index is 12.8. The molecule has 0 aromatic carbocycles. The van der Waals surface area contributed by atoms with Crippen LogP contribution in [0.25, 0.3) is 0 Å². The molecule has 1 heterocycles. The molecule has 2 fully saturated rings. The Kier molecular flexibility index (Phi) is 6.93. The highest BCUT2D eigenvalue weighted by Gasteiger charge is 2.48. The van der Waals surface area contributed by atoms with Gasteiger partial charge in [-0.05, 0) is 18.8 Å². The molecule has 0 bridgehead atoms. The molecule has 1 saturated carbocycles. The minimum absolute atomic E-state index is 0.0640. The normalized spacial score (nSPS) is 22.5. The summed E-state index contributed by atoms with van der Waals surface area (Å²) in [6, 6.07) is 0. The van der Waals surface area contributed by atoms with Crippen molar-refractivity contribution < 1.29 is 13.2 Å². The van der Waals surface area contributed by atoms with Crippen LogP contribution >= 0.6 is 0 Å².